The summed E-state index contributed by atoms with van der Waals surface area (Å²) in [5, 5.41) is 10.3. The predicted octanol–water partition coefficient (Wildman–Crippen LogP) is 5.78. The molecule has 3 aromatic carbocycles. The Kier molecular flexibility index (Phi) is 4.40. The molecule has 1 aromatic heterocycles. The zero-order chi connectivity index (χ0) is 19.0. The van der Waals surface area contributed by atoms with Crippen molar-refractivity contribution in [1.82, 2.24) is 10.2 Å². The molecule has 27 heavy (non-hydrogen) atoms. The highest BCUT2D eigenvalue weighted by atomic mass is 19.1. The molecule has 0 bridgehead atoms. The van der Waals surface area contributed by atoms with E-state index in [-0.39, 0.29) is 11.6 Å². The summed E-state index contributed by atoms with van der Waals surface area (Å²) >= 11 is 0. The third kappa shape index (κ3) is 3.43. The topological polar surface area (TPSA) is 25.8 Å². The van der Waals surface area contributed by atoms with Crippen LogP contribution in [0.15, 0.2) is 60.8 Å². The third-order valence-electron chi connectivity index (χ3n) is 4.87. The van der Waals surface area contributed by atoms with Crippen molar-refractivity contribution in [2.24, 2.45) is 0 Å². The van der Waals surface area contributed by atoms with E-state index >= 15 is 0 Å². The molecule has 4 heteroatoms. The van der Waals surface area contributed by atoms with Crippen molar-refractivity contribution in [1.29, 1.82) is 0 Å². The molecule has 0 fully saturated rings. The van der Waals surface area contributed by atoms with Gasteiger partial charge in [-0.3, -0.25) is 0 Å². The number of aryl methyl sites for hydroxylation is 2. The quantitative estimate of drug-likeness (QED) is 0.463. The molecule has 134 valence electrons. The molecule has 0 radical (unpaired) electrons. The minimum atomic E-state index is -0.266. The highest BCUT2D eigenvalue weighted by Crippen LogP contribution is 2.29. The van der Waals surface area contributed by atoms with Crippen LogP contribution in [0.2, 0.25) is 0 Å². The number of benzene rings is 3. The van der Waals surface area contributed by atoms with Crippen LogP contribution >= 0.6 is 0 Å². The van der Waals surface area contributed by atoms with Crippen molar-refractivity contribution in [3.63, 3.8) is 0 Å². The van der Waals surface area contributed by atoms with Crippen LogP contribution in [0.4, 0.5) is 8.78 Å². The van der Waals surface area contributed by atoms with E-state index in [4.69, 9.17) is 0 Å². The number of hydrogen-bond acceptors (Lipinski definition) is 2. The van der Waals surface area contributed by atoms with E-state index in [1.807, 2.05) is 26.0 Å². The lowest BCUT2D eigenvalue weighted by atomic mass is 9.96. The standard InChI is InChI=1S/C23H18F2N2/c1-14-3-5-20(25)12-17(14)10-16-4-7-22-18(11-16)13-26-27-23(22)21-8-6-19(24)9-15(21)2/h3-9,11-13H,10H2,1-2H3. The maximum absolute atomic E-state index is 13.6. The normalized spacial score (nSPS) is 11.1. The van der Waals surface area contributed by atoms with Gasteiger partial charge in [0.25, 0.3) is 0 Å². The minimum absolute atomic E-state index is 0.226. The Hall–Kier alpha value is -3.14. The zero-order valence-corrected chi connectivity index (χ0v) is 15.1. The monoisotopic (exact) mass is 360 g/mol. The third-order valence-corrected chi connectivity index (χ3v) is 4.87. The first-order valence-electron chi connectivity index (χ1n) is 8.77. The summed E-state index contributed by atoms with van der Waals surface area (Å²) in [5.41, 5.74) is 5.52. The highest BCUT2D eigenvalue weighted by molar-refractivity contribution is 5.94. The molecule has 0 saturated heterocycles. The second kappa shape index (κ2) is 6.88. The molecule has 0 saturated carbocycles. The molecular formula is C23H18F2N2. The Morgan fingerprint density at radius 3 is 2.41 bits per heavy atom. The maximum Gasteiger partial charge on any atom is 0.123 e. The van der Waals surface area contributed by atoms with Crippen LogP contribution in [-0.4, -0.2) is 10.2 Å². The Bertz CT molecular complexity index is 1150. The van der Waals surface area contributed by atoms with Crippen LogP contribution in [0.3, 0.4) is 0 Å². The van der Waals surface area contributed by atoms with Gasteiger partial charge in [0, 0.05) is 16.3 Å². The highest BCUT2D eigenvalue weighted by Gasteiger charge is 2.11. The van der Waals surface area contributed by atoms with Gasteiger partial charge >= 0.3 is 0 Å². The van der Waals surface area contributed by atoms with Gasteiger partial charge in [-0.05, 0) is 78.9 Å². The first kappa shape index (κ1) is 17.3. The summed E-state index contributed by atoms with van der Waals surface area (Å²) in [6.45, 7) is 3.84. The van der Waals surface area contributed by atoms with Gasteiger partial charge < -0.3 is 0 Å². The fraction of sp³-hybridized carbons (Fsp3) is 0.130. The molecular weight excluding hydrogens is 342 g/mol. The molecule has 0 atom stereocenters. The van der Waals surface area contributed by atoms with Gasteiger partial charge in [0.05, 0.1) is 6.20 Å². The van der Waals surface area contributed by atoms with Gasteiger partial charge in [0.15, 0.2) is 0 Å². The van der Waals surface area contributed by atoms with E-state index in [2.05, 4.69) is 16.3 Å². The van der Waals surface area contributed by atoms with E-state index in [0.29, 0.717) is 6.42 Å². The van der Waals surface area contributed by atoms with Gasteiger partial charge in [-0.25, -0.2) is 8.78 Å². The minimum Gasteiger partial charge on any atom is -0.207 e. The molecule has 0 aliphatic heterocycles. The lowest BCUT2D eigenvalue weighted by molar-refractivity contribution is 0.625. The molecule has 0 unspecified atom stereocenters. The Morgan fingerprint density at radius 1 is 0.815 bits per heavy atom. The summed E-state index contributed by atoms with van der Waals surface area (Å²) in [5.74, 6) is -0.492. The summed E-state index contributed by atoms with van der Waals surface area (Å²) in [7, 11) is 0. The van der Waals surface area contributed by atoms with Crippen molar-refractivity contribution in [2.45, 2.75) is 20.3 Å². The van der Waals surface area contributed by atoms with Crippen LogP contribution in [-0.2, 0) is 6.42 Å². The van der Waals surface area contributed by atoms with Crippen LogP contribution < -0.4 is 0 Å². The summed E-state index contributed by atoms with van der Waals surface area (Å²) in [6, 6.07) is 15.6. The Morgan fingerprint density at radius 2 is 1.59 bits per heavy atom. The summed E-state index contributed by atoms with van der Waals surface area (Å²) in [4.78, 5) is 0. The van der Waals surface area contributed by atoms with E-state index < -0.39 is 0 Å². The molecule has 4 rings (SSSR count). The van der Waals surface area contributed by atoms with E-state index in [1.165, 1.54) is 18.2 Å². The number of nitrogens with zero attached hydrogens (tertiary/aromatic N) is 2. The smallest absolute Gasteiger partial charge is 0.123 e. The zero-order valence-electron chi connectivity index (χ0n) is 15.1. The molecule has 0 amide bonds. The second-order valence-corrected chi connectivity index (χ2v) is 6.82. The van der Waals surface area contributed by atoms with Crippen molar-refractivity contribution in [3.05, 3.63) is 94.7 Å². The first-order chi connectivity index (χ1) is 13.0. The average molecular weight is 360 g/mol. The van der Waals surface area contributed by atoms with Crippen LogP contribution in [0.1, 0.15) is 22.3 Å². The molecule has 0 N–H and O–H groups in total. The van der Waals surface area contributed by atoms with Crippen molar-refractivity contribution >= 4 is 10.8 Å². The summed E-state index contributed by atoms with van der Waals surface area (Å²) < 4.78 is 27.0. The van der Waals surface area contributed by atoms with Gasteiger partial charge in [0.1, 0.15) is 17.3 Å². The number of aromatic nitrogens is 2. The van der Waals surface area contributed by atoms with Crippen LogP contribution in [0.5, 0.6) is 0 Å². The lowest BCUT2D eigenvalue weighted by Gasteiger charge is -2.10. The average Bonchev–Trinajstić information content (AvgIpc) is 2.64. The lowest BCUT2D eigenvalue weighted by Crippen LogP contribution is -1.96. The second-order valence-electron chi connectivity index (χ2n) is 6.82. The SMILES string of the molecule is Cc1ccc(F)cc1Cc1ccc2c(-c3ccc(F)cc3C)nncc2c1. The van der Waals surface area contributed by atoms with Gasteiger partial charge in [-0.1, -0.05) is 18.2 Å². The van der Waals surface area contributed by atoms with E-state index in [0.717, 1.165) is 44.3 Å². The molecule has 0 aliphatic rings. The fourth-order valence-electron chi connectivity index (χ4n) is 3.39. The van der Waals surface area contributed by atoms with E-state index in [1.54, 1.807) is 24.4 Å². The van der Waals surface area contributed by atoms with Crippen molar-refractivity contribution in [2.75, 3.05) is 0 Å². The van der Waals surface area contributed by atoms with Crippen molar-refractivity contribution < 1.29 is 8.78 Å². The Labute approximate surface area is 156 Å². The van der Waals surface area contributed by atoms with Gasteiger partial charge in [-0.2, -0.15) is 5.10 Å². The molecule has 4 aromatic rings. The molecule has 2 nitrogen and oxygen atoms in total. The molecule has 0 spiro atoms. The van der Waals surface area contributed by atoms with Gasteiger partial charge in [0.2, 0.25) is 0 Å². The fourth-order valence-corrected chi connectivity index (χ4v) is 3.39. The Balaban J connectivity index is 1.77. The summed E-state index contributed by atoms with van der Waals surface area (Å²) in [6.07, 6.45) is 2.37. The number of halogens is 2. The predicted molar refractivity (Wildman–Crippen MR) is 104 cm³/mol. The number of rotatable bonds is 3. The maximum atomic E-state index is 13.6. The number of fused-ring (bicyclic) bond motifs is 1. The molecule has 1 heterocycles. The van der Waals surface area contributed by atoms with Crippen LogP contribution in [0, 0.1) is 25.5 Å². The van der Waals surface area contributed by atoms with Crippen LogP contribution in [0.25, 0.3) is 22.0 Å². The van der Waals surface area contributed by atoms with Gasteiger partial charge in [-0.15, -0.1) is 5.10 Å². The van der Waals surface area contributed by atoms with E-state index in [9.17, 15) is 8.78 Å². The molecule has 0 aliphatic carbocycles. The van der Waals surface area contributed by atoms with Crippen molar-refractivity contribution in [3.8, 4) is 11.3 Å². The largest absolute Gasteiger partial charge is 0.207 e. The number of hydrogen-bond donors (Lipinski definition) is 0. The first-order valence-corrected chi connectivity index (χ1v) is 8.77.